The number of hydrogen-bond donors (Lipinski definition) is 1. The Balaban J connectivity index is 2.19. The summed E-state index contributed by atoms with van der Waals surface area (Å²) >= 11 is 0. The van der Waals surface area contributed by atoms with E-state index in [0.717, 1.165) is 42.0 Å². The van der Waals surface area contributed by atoms with Crippen LogP contribution in [0.1, 0.15) is 29.4 Å². The van der Waals surface area contributed by atoms with Crippen molar-refractivity contribution in [3.8, 4) is 11.5 Å². The van der Waals surface area contributed by atoms with Crippen LogP contribution in [0.25, 0.3) is 11.5 Å². The van der Waals surface area contributed by atoms with Crippen molar-refractivity contribution < 1.29 is 8.83 Å². The van der Waals surface area contributed by atoms with E-state index in [4.69, 9.17) is 8.83 Å². The van der Waals surface area contributed by atoms with Crippen LogP contribution in [0.15, 0.2) is 8.83 Å². The minimum atomic E-state index is 0.557. The van der Waals surface area contributed by atoms with E-state index >= 15 is 0 Å². The van der Waals surface area contributed by atoms with Crippen molar-refractivity contribution in [3.63, 3.8) is 0 Å². The molecule has 0 saturated carbocycles. The Hall–Kier alpha value is -1.62. The smallest absolute Gasteiger partial charge is 0.251 e. The standard InChI is InChI=1S/C13H19N3O2/c1-8-9(2)17-10(3)12(8)13-16-15-11(18-13)6-5-7-14-4/h14H,5-7H2,1-4H3. The topological polar surface area (TPSA) is 64.1 Å². The van der Waals surface area contributed by atoms with E-state index in [2.05, 4.69) is 15.5 Å². The molecule has 2 heterocycles. The Labute approximate surface area is 107 Å². The van der Waals surface area contributed by atoms with Crippen LogP contribution in [-0.4, -0.2) is 23.8 Å². The number of nitrogens with one attached hydrogen (secondary N) is 1. The van der Waals surface area contributed by atoms with Gasteiger partial charge >= 0.3 is 0 Å². The first-order valence-corrected chi connectivity index (χ1v) is 6.17. The summed E-state index contributed by atoms with van der Waals surface area (Å²) in [5.74, 6) is 2.96. The second-order valence-electron chi connectivity index (χ2n) is 4.42. The second-order valence-corrected chi connectivity index (χ2v) is 4.42. The first kappa shape index (κ1) is 12.8. The van der Waals surface area contributed by atoms with E-state index in [9.17, 15) is 0 Å². The first-order valence-electron chi connectivity index (χ1n) is 6.17. The highest BCUT2D eigenvalue weighted by Crippen LogP contribution is 2.30. The van der Waals surface area contributed by atoms with E-state index in [1.807, 2.05) is 27.8 Å². The van der Waals surface area contributed by atoms with Crippen LogP contribution in [0.4, 0.5) is 0 Å². The molecule has 0 spiro atoms. The number of rotatable bonds is 5. The zero-order valence-electron chi connectivity index (χ0n) is 11.3. The van der Waals surface area contributed by atoms with E-state index in [-0.39, 0.29) is 0 Å². The summed E-state index contributed by atoms with van der Waals surface area (Å²) in [7, 11) is 1.93. The molecule has 5 nitrogen and oxygen atoms in total. The van der Waals surface area contributed by atoms with E-state index in [1.54, 1.807) is 0 Å². The molecule has 0 aliphatic rings. The summed E-state index contributed by atoms with van der Waals surface area (Å²) in [5.41, 5.74) is 2.00. The van der Waals surface area contributed by atoms with Crippen molar-refractivity contribution in [1.82, 2.24) is 15.5 Å². The van der Waals surface area contributed by atoms with Gasteiger partial charge in [0.2, 0.25) is 5.89 Å². The lowest BCUT2D eigenvalue weighted by Gasteiger charge is -1.95. The van der Waals surface area contributed by atoms with Crippen molar-refractivity contribution >= 4 is 0 Å². The minimum Gasteiger partial charge on any atom is -0.466 e. The summed E-state index contributed by atoms with van der Waals surface area (Å²) < 4.78 is 11.3. The molecule has 0 saturated heterocycles. The third-order valence-electron chi connectivity index (χ3n) is 3.06. The van der Waals surface area contributed by atoms with E-state index < -0.39 is 0 Å². The lowest BCUT2D eigenvalue weighted by Crippen LogP contribution is -2.08. The third kappa shape index (κ3) is 2.46. The maximum Gasteiger partial charge on any atom is 0.251 e. The fraction of sp³-hybridized carbons (Fsp3) is 0.538. The molecule has 0 aromatic carbocycles. The van der Waals surface area contributed by atoms with Gasteiger partial charge in [0, 0.05) is 12.0 Å². The summed E-state index contributed by atoms with van der Waals surface area (Å²) in [6, 6.07) is 0. The Morgan fingerprint density at radius 1 is 1.06 bits per heavy atom. The minimum absolute atomic E-state index is 0.557. The van der Waals surface area contributed by atoms with Crippen LogP contribution in [0.3, 0.4) is 0 Å². The van der Waals surface area contributed by atoms with Gasteiger partial charge in [-0.3, -0.25) is 0 Å². The molecule has 0 unspecified atom stereocenters. The Bertz CT molecular complexity index is 528. The zero-order chi connectivity index (χ0) is 13.1. The van der Waals surface area contributed by atoms with Crippen molar-refractivity contribution in [2.45, 2.75) is 33.6 Å². The number of hydrogen-bond acceptors (Lipinski definition) is 5. The number of aryl methyl sites for hydroxylation is 3. The molecule has 18 heavy (non-hydrogen) atoms. The van der Waals surface area contributed by atoms with E-state index in [0.29, 0.717) is 11.8 Å². The largest absolute Gasteiger partial charge is 0.466 e. The summed E-state index contributed by atoms with van der Waals surface area (Å²) in [6.45, 7) is 6.81. The average Bonchev–Trinajstić information content (AvgIpc) is 2.86. The SMILES string of the molecule is CNCCCc1nnc(-c2c(C)oc(C)c2C)o1. The van der Waals surface area contributed by atoms with E-state index in [1.165, 1.54) is 0 Å². The van der Waals surface area contributed by atoms with Gasteiger partial charge in [-0.15, -0.1) is 10.2 Å². The molecular formula is C13H19N3O2. The maximum atomic E-state index is 5.68. The number of nitrogens with zero attached hydrogens (tertiary/aromatic N) is 2. The van der Waals surface area contributed by atoms with Gasteiger partial charge in [-0.1, -0.05) is 0 Å². The summed E-state index contributed by atoms with van der Waals surface area (Å²) in [6.07, 6.45) is 1.78. The molecule has 2 rings (SSSR count). The lowest BCUT2D eigenvalue weighted by atomic mass is 10.1. The fourth-order valence-corrected chi connectivity index (χ4v) is 1.98. The Morgan fingerprint density at radius 3 is 2.44 bits per heavy atom. The molecule has 0 aliphatic heterocycles. The molecule has 2 aromatic rings. The number of furan rings is 1. The molecule has 0 aliphatic carbocycles. The lowest BCUT2D eigenvalue weighted by molar-refractivity contribution is 0.487. The molecule has 0 atom stereocenters. The molecule has 0 radical (unpaired) electrons. The predicted octanol–water partition coefficient (Wildman–Crippen LogP) is 2.41. The van der Waals surface area contributed by atoms with Gasteiger partial charge in [-0.25, -0.2) is 0 Å². The number of aromatic nitrogens is 2. The summed E-state index contributed by atoms with van der Waals surface area (Å²) in [5, 5.41) is 11.3. The monoisotopic (exact) mass is 249 g/mol. The van der Waals surface area contributed by atoms with Crippen LogP contribution in [0.2, 0.25) is 0 Å². The van der Waals surface area contributed by atoms with Gasteiger partial charge < -0.3 is 14.2 Å². The van der Waals surface area contributed by atoms with Gasteiger partial charge in [0.05, 0.1) is 5.56 Å². The maximum absolute atomic E-state index is 5.68. The average molecular weight is 249 g/mol. The Morgan fingerprint density at radius 2 is 1.83 bits per heavy atom. The summed E-state index contributed by atoms with van der Waals surface area (Å²) in [4.78, 5) is 0. The second kappa shape index (κ2) is 5.35. The van der Waals surface area contributed by atoms with Gasteiger partial charge in [-0.05, 0) is 40.8 Å². The normalized spacial score (nSPS) is 11.1. The molecule has 0 bridgehead atoms. The predicted molar refractivity (Wildman–Crippen MR) is 68.5 cm³/mol. The molecule has 0 fully saturated rings. The van der Waals surface area contributed by atoms with Crippen LogP contribution in [0, 0.1) is 20.8 Å². The van der Waals surface area contributed by atoms with Crippen molar-refractivity contribution in [3.05, 3.63) is 23.0 Å². The highest BCUT2D eigenvalue weighted by Gasteiger charge is 2.18. The quantitative estimate of drug-likeness (QED) is 0.824. The molecule has 98 valence electrons. The third-order valence-corrected chi connectivity index (χ3v) is 3.06. The van der Waals surface area contributed by atoms with Crippen molar-refractivity contribution in [1.29, 1.82) is 0 Å². The Kier molecular flexibility index (Phi) is 3.81. The fourth-order valence-electron chi connectivity index (χ4n) is 1.98. The van der Waals surface area contributed by atoms with Crippen molar-refractivity contribution in [2.75, 3.05) is 13.6 Å². The molecule has 1 N–H and O–H groups in total. The highest BCUT2D eigenvalue weighted by molar-refractivity contribution is 5.61. The molecule has 2 aromatic heterocycles. The first-order chi connectivity index (χ1) is 8.63. The molecular weight excluding hydrogens is 230 g/mol. The van der Waals surface area contributed by atoms with Crippen LogP contribution in [-0.2, 0) is 6.42 Å². The molecule has 0 amide bonds. The zero-order valence-corrected chi connectivity index (χ0v) is 11.3. The van der Waals surface area contributed by atoms with Gasteiger partial charge in [-0.2, -0.15) is 0 Å². The van der Waals surface area contributed by atoms with Gasteiger partial charge in [0.25, 0.3) is 5.89 Å². The van der Waals surface area contributed by atoms with Crippen LogP contribution >= 0.6 is 0 Å². The van der Waals surface area contributed by atoms with Gasteiger partial charge in [0.1, 0.15) is 11.5 Å². The van der Waals surface area contributed by atoms with Crippen LogP contribution < -0.4 is 5.32 Å². The van der Waals surface area contributed by atoms with Gasteiger partial charge in [0.15, 0.2) is 0 Å². The van der Waals surface area contributed by atoms with Crippen LogP contribution in [0.5, 0.6) is 0 Å². The highest BCUT2D eigenvalue weighted by atomic mass is 16.4. The molecule has 5 heteroatoms. The van der Waals surface area contributed by atoms with Crippen molar-refractivity contribution in [2.24, 2.45) is 0 Å².